The SMILES string of the molecule is C=C(C)[C@@H]1CC[C@]2(c3ncc(C)o3)CC[C@]3(C)[C@H](CC[C@@H]4[C@@]5(C)Cc6c([nH]c7ccccc67)C(C)(C)[C@@H]5CC[C@]43C)[C@@H]12. The van der Waals surface area contributed by atoms with Gasteiger partial charge in [-0.1, -0.05) is 65.0 Å². The van der Waals surface area contributed by atoms with Gasteiger partial charge in [-0.05, 0) is 129 Å². The molecule has 8 rings (SSSR count). The Labute approximate surface area is 253 Å². The standard InChI is InChI=1S/C39H52N2O/c1-23(2)25-15-18-39(34-40-22-24(3)42-34)20-19-37(7)28(32(25)39)13-14-31-36(6)21-27-26-11-9-10-12-29(26)41-33(27)35(4,5)30(36)16-17-38(31,37)8/h9-12,22,25,28,30-32,41H,1,13-21H2,2-8H3/t25-,28+,30-,31+,32+,36-,37+,38+,39-/m0/s1. The zero-order valence-electron chi connectivity index (χ0n) is 27.2. The number of nitrogens with one attached hydrogen (secondary N) is 1. The van der Waals surface area contributed by atoms with Crippen LogP contribution in [0, 0.1) is 52.8 Å². The molecule has 4 fully saturated rings. The normalized spacial score (nSPS) is 43.6. The molecular formula is C39H52N2O. The van der Waals surface area contributed by atoms with Crippen molar-refractivity contribution in [2.24, 2.45) is 45.8 Å². The molecule has 3 nitrogen and oxygen atoms in total. The third-order valence-electron chi connectivity index (χ3n) is 15.3. The Bertz CT molecular complexity index is 1590. The number of nitrogens with zero attached hydrogens (tertiary/aromatic N) is 1. The number of rotatable bonds is 2. The maximum absolute atomic E-state index is 6.43. The van der Waals surface area contributed by atoms with Crippen molar-refractivity contribution in [1.82, 2.24) is 9.97 Å². The molecule has 3 heteroatoms. The molecule has 0 saturated heterocycles. The Balaban J connectivity index is 1.23. The molecule has 2 aromatic heterocycles. The summed E-state index contributed by atoms with van der Waals surface area (Å²) in [4.78, 5) is 8.88. The van der Waals surface area contributed by atoms with Crippen LogP contribution in [0.2, 0.25) is 0 Å². The summed E-state index contributed by atoms with van der Waals surface area (Å²) >= 11 is 0. The number of allylic oxidation sites excluding steroid dienone is 1. The lowest BCUT2D eigenvalue weighted by atomic mass is 9.32. The van der Waals surface area contributed by atoms with E-state index in [0.29, 0.717) is 39.9 Å². The zero-order chi connectivity index (χ0) is 29.4. The van der Waals surface area contributed by atoms with E-state index in [0.717, 1.165) is 17.6 Å². The fraction of sp³-hybridized carbons (Fsp3) is 0.667. The van der Waals surface area contributed by atoms with Crippen LogP contribution in [0.5, 0.6) is 0 Å². The summed E-state index contributed by atoms with van der Waals surface area (Å²) in [7, 11) is 0. The highest BCUT2D eigenvalue weighted by molar-refractivity contribution is 5.85. The molecule has 0 unspecified atom stereocenters. The highest BCUT2D eigenvalue weighted by Gasteiger charge is 2.71. The second-order valence-corrected chi connectivity index (χ2v) is 17.0. The smallest absolute Gasteiger partial charge is 0.200 e. The molecule has 4 saturated carbocycles. The molecule has 1 N–H and O–H groups in total. The number of aromatic amines is 1. The molecule has 2 heterocycles. The van der Waals surface area contributed by atoms with E-state index in [1.807, 2.05) is 6.20 Å². The van der Waals surface area contributed by atoms with Crippen molar-refractivity contribution >= 4 is 10.9 Å². The van der Waals surface area contributed by atoms with Crippen LogP contribution in [-0.4, -0.2) is 9.97 Å². The first-order chi connectivity index (χ1) is 19.9. The van der Waals surface area contributed by atoms with Gasteiger partial charge in [-0.25, -0.2) is 4.98 Å². The van der Waals surface area contributed by atoms with Gasteiger partial charge in [-0.15, -0.1) is 0 Å². The lowest BCUT2D eigenvalue weighted by Crippen LogP contribution is -2.66. The van der Waals surface area contributed by atoms with Gasteiger partial charge >= 0.3 is 0 Å². The van der Waals surface area contributed by atoms with Crippen LogP contribution >= 0.6 is 0 Å². The third kappa shape index (κ3) is 3.12. The summed E-state index contributed by atoms with van der Waals surface area (Å²) in [5.74, 6) is 5.32. The molecule has 3 aromatic rings. The number of aryl methyl sites for hydroxylation is 1. The minimum Gasteiger partial charge on any atom is -0.445 e. The van der Waals surface area contributed by atoms with Gasteiger partial charge < -0.3 is 9.40 Å². The second-order valence-electron chi connectivity index (χ2n) is 17.0. The second kappa shape index (κ2) is 8.45. The Morgan fingerprint density at radius 3 is 2.45 bits per heavy atom. The van der Waals surface area contributed by atoms with E-state index in [-0.39, 0.29) is 10.8 Å². The van der Waals surface area contributed by atoms with Crippen molar-refractivity contribution in [1.29, 1.82) is 0 Å². The summed E-state index contributed by atoms with van der Waals surface area (Å²) in [6.45, 7) is 22.3. The van der Waals surface area contributed by atoms with Gasteiger partial charge in [0.05, 0.1) is 11.6 Å². The summed E-state index contributed by atoms with van der Waals surface area (Å²) in [6.07, 6.45) is 13.6. The molecule has 9 atom stereocenters. The fourth-order valence-corrected chi connectivity index (χ4v) is 13.4. The van der Waals surface area contributed by atoms with E-state index in [1.54, 1.807) is 5.56 Å². The number of benzene rings is 1. The monoisotopic (exact) mass is 564 g/mol. The quantitative estimate of drug-likeness (QED) is 0.315. The van der Waals surface area contributed by atoms with Gasteiger partial charge in [-0.2, -0.15) is 0 Å². The van der Waals surface area contributed by atoms with E-state index in [4.69, 9.17) is 9.40 Å². The van der Waals surface area contributed by atoms with Gasteiger partial charge in [0.25, 0.3) is 0 Å². The summed E-state index contributed by atoms with van der Waals surface area (Å²) in [6, 6.07) is 9.08. The molecule has 0 aliphatic heterocycles. The number of hydrogen-bond donors (Lipinski definition) is 1. The molecule has 5 aliphatic rings. The summed E-state index contributed by atoms with van der Waals surface area (Å²) in [5, 5.41) is 1.46. The van der Waals surface area contributed by atoms with E-state index in [2.05, 4.69) is 84.3 Å². The number of para-hydroxylation sites is 1. The molecule has 42 heavy (non-hydrogen) atoms. The van der Waals surface area contributed by atoms with Gasteiger partial charge in [0.2, 0.25) is 5.89 Å². The third-order valence-corrected chi connectivity index (χ3v) is 15.3. The summed E-state index contributed by atoms with van der Waals surface area (Å²) < 4.78 is 6.43. The molecule has 224 valence electrons. The van der Waals surface area contributed by atoms with Crippen LogP contribution in [0.3, 0.4) is 0 Å². The van der Waals surface area contributed by atoms with Crippen molar-refractivity contribution < 1.29 is 4.42 Å². The minimum absolute atomic E-state index is 0.0815. The Morgan fingerprint density at radius 1 is 0.929 bits per heavy atom. The average molecular weight is 565 g/mol. The largest absolute Gasteiger partial charge is 0.445 e. The van der Waals surface area contributed by atoms with Gasteiger partial charge in [-0.3, -0.25) is 0 Å². The number of oxazole rings is 1. The number of hydrogen-bond acceptors (Lipinski definition) is 2. The first kappa shape index (κ1) is 27.3. The lowest BCUT2D eigenvalue weighted by molar-refractivity contribution is -0.219. The molecule has 0 amide bonds. The van der Waals surface area contributed by atoms with Crippen molar-refractivity contribution in [2.75, 3.05) is 0 Å². The van der Waals surface area contributed by atoms with Crippen molar-refractivity contribution in [3.05, 3.63) is 65.5 Å². The van der Waals surface area contributed by atoms with Crippen LogP contribution < -0.4 is 0 Å². The number of fused-ring (bicyclic) bond motifs is 10. The van der Waals surface area contributed by atoms with Crippen molar-refractivity contribution in [2.45, 2.75) is 117 Å². The first-order valence-corrected chi connectivity index (χ1v) is 17.1. The fourth-order valence-electron chi connectivity index (χ4n) is 13.4. The van der Waals surface area contributed by atoms with Crippen LogP contribution in [-0.2, 0) is 17.3 Å². The van der Waals surface area contributed by atoms with Crippen LogP contribution in [0.15, 0.2) is 47.0 Å². The van der Waals surface area contributed by atoms with Gasteiger partial charge in [0.15, 0.2) is 0 Å². The molecule has 0 bridgehead atoms. The predicted octanol–water partition coefficient (Wildman–Crippen LogP) is 10.1. The Morgan fingerprint density at radius 2 is 1.71 bits per heavy atom. The molecular weight excluding hydrogens is 512 g/mol. The first-order valence-electron chi connectivity index (χ1n) is 17.1. The highest BCUT2D eigenvalue weighted by Crippen LogP contribution is 2.77. The van der Waals surface area contributed by atoms with Crippen molar-refractivity contribution in [3.8, 4) is 0 Å². The Hall–Kier alpha value is -2.29. The zero-order valence-corrected chi connectivity index (χ0v) is 27.2. The van der Waals surface area contributed by atoms with Crippen LogP contribution in [0.25, 0.3) is 10.9 Å². The number of H-pyrrole nitrogens is 1. The van der Waals surface area contributed by atoms with E-state index in [9.17, 15) is 0 Å². The molecule has 1 aromatic carbocycles. The van der Waals surface area contributed by atoms with Crippen LogP contribution in [0.4, 0.5) is 0 Å². The molecule has 0 spiro atoms. The summed E-state index contributed by atoms with van der Waals surface area (Å²) in [5.41, 5.74) is 7.05. The van der Waals surface area contributed by atoms with Gasteiger partial charge in [0.1, 0.15) is 5.76 Å². The minimum atomic E-state index is 0.0815. The van der Waals surface area contributed by atoms with Gasteiger partial charge in [0, 0.05) is 22.0 Å². The van der Waals surface area contributed by atoms with E-state index in [1.165, 1.54) is 80.0 Å². The molecule has 0 radical (unpaired) electrons. The van der Waals surface area contributed by atoms with Crippen molar-refractivity contribution in [3.63, 3.8) is 0 Å². The van der Waals surface area contributed by atoms with Crippen LogP contribution in [0.1, 0.15) is 116 Å². The van der Waals surface area contributed by atoms with E-state index >= 15 is 0 Å². The number of aromatic nitrogens is 2. The topological polar surface area (TPSA) is 41.8 Å². The molecule has 5 aliphatic carbocycles. The van der Waals surface area contributed by atoms with E-state index < -0.39 is 0 Å². The average Bonchev–Trinajstić information content (AvgIpc) is 3.65. The highest BCUT2D eigenvalue weighted by atomic mass is 16.4. The maximum Gasteiger partial charge on any atom is 0.200 e. The lowest BCUT2D eigenvalue weighted by Gasteiger charge is -2.72. The maximum atomic E-state index is 6.43. The Kier molecular flexibility index (Phi) is 5.49. The predicted molar refractivity (Wildman–Crippen MR) is 171 cm³/mol.